The molecule has 98 valence electrons. The summed E-state index contributed by atoms with van der Waals surface area (Å²) in [6.45, 7) is 7.74. The van der Waals surface area contributed by atoms with E-state index in [1.807, 2.05) is 13.0 Å². The minimum atomic E-state index is 0. The highest BCUT2D eigenvalue weighted by molar-refractivity contribution is 9.11. The van der Waals surface area contributed by atoms with E-state index >= 15 is 0 Å². The van der Waals surface area contributed by atoms with Crippen LogP contribution in [0.25, 0.3) is 0 Å². The minimum absolute atomic E-state index is 0. The van der Waals surface area contributed by atoms with Crippen molar-refractivity contribution in [1.82, 2.24) is 5.32 Å². The van der Waals surface area contributed by atoms with Crippen molar-refractivity contribution in [2.24, 2.45) is 0 Å². The maximum Gasteiger partial charge on any atom is 0.138 e. The van der Waals surface area contributed by atoms with Crippen LogP contribution in [0.1, 0.15) is 26.3 Å². The lowest BCUT2D eigenvalue weighted by Crippen LogP contribution is -2.22. The Balaban J connectivity index is 0.00000256. The molecule has 0 atom stereocenters. The van der Waals surface area contributed by atoms with E-state index in [2.05, 4.69) is 57.1 Å². The number of ether oxygens (including phenoxy) is 1. The summed E-state index contributed by atoms with van der Waals surface area (Å²) in [6, 6.07) is 4.56. The average molecular weight is 388 g/mol. The van der Waals surface area contributed by atoms with Crippen molar-refractivity contribution in [1.29, 1.82) is 0 Å². The Morgan fingerprint density at radius 3 is 2.47 bits per heavy atom. The molecule has 0 saturated heterocycles. The smallest absolute Gasteiger partial charge is 0.138 e. The van der Waals surface area contributed by atoms with E-state index in [1.165, 1.54) is 0 Å². The Morgan fingerprint density at radius 1 is 1.29 bits per heavy atom. The molecular weight excluding hydrogens is 369 g/mol. The molecule has 0 fully saturated rings. The maximum absolute atomic E-state index is 5.65. The Kier molecular flexibility index (Phi) is 8.47. The Labute approximate surface area is 126 Å². The SMILES string of the molecule is CCOc1c(Br)cc(Br)cc1CNC(C)C.Cl. The largest absolute Gasteiger partial charge is 0.492 e. The fraction of sp³-hybridized carbons (Fsp3) is 0.500. The van der Waals surface area contributed by atoms with E-state index < -0.39 is 0 Å². The zero-order valence-corrected chi connectivity index (χ0v) is 14.2. The van der Waals surface area contributed by atoms with Crippen LogP contribution in [0, 0.1) is 0 Å². The van der Waals surface area contributed by atoms with E-state index in [0.29, 0.717) is 12.6 Å². The topological polar surface area (TPSA) is 21.3 Å². The lowest BCUT2D eigenvalue weighted by Gasteiger charge is -2.15. The van der Waals surface area contributed by atoms with Crippen LogP contribution in [0.4, 0.5) is 0 Å². The van der Waals surface area contributed by atoms with E-state index in [4.69, 9.17) is 4.74 Å². The Morgan fingerprint density at radius 2 is 1.94 bits per heavy atom. The van der Waals surface area contributed by atoms with Gasteiger partial charge in [0.05, 0.1) is 11.1 Å². The second-order valence-corrected chi connectivity index (χ2v) is 5.61. The van der Waals surface area contributed by atoms with Crippen molar-refractivity contribution in [2.45, 2.75) is 33.4 Å². The molecule has 0 aliphatic rings. The van der Waals surface area contributed by atoms with E-state index in [9.17, 15) is 0 Å². The van der Waals surface area contributed by atoms with Gasteiger partial charge in [-0.1, -0.05) is 29.8 Å². The predicted octanol–water partition coefficient (Wildman–Crippen LogP) is 4.53. The molecule has 0 spiro atoms. The molecule has 0 aliphatic carbocycles. The maximum atomic E-state index is 5.65. The first-order valence-electron chi connectivity index (χ1n) is 5.38. The van der Waals surface area contributed by atoms with Gasteiger partial charge in [-0.3, -0.25) is 0 Å². The Hall–Kier alpha value is 0.230. The molecule has 0 amide bonds. The lowest BCUT2D eigenvalue weighted by atomic mass is 10.2. The van der Waals surface area contributed by atoms with Gasteiger partial charge in [0.1, 0.15) is 5.75 Å². The molecule has 0 radical (unpaired) electrons. The standard InChI is InChI=1S/C12H17Br2NO.ClH/c1-4-16-12-9(7-15-8(2)3)5-10(13)6-11(12)14;/h5-6,8,15H,4,7H2,1-3H3;1H. The molecule has 2 nitrogen and oxygen atoms in total. The third kappa shape index (κ3) is 5.60. The van der Waals surface area contributed by atoms with Gasteiger partial charge in [-0.25, -0.2) is 0 Å². The Bertz CT molecular complexity index is 359. The van der Waals surface area contributed by atoms with Crippen molar-refractivity contribution in [3.05, 3.63) is 26.6 Å². The number of hydrogen-bond donors (Lipinski definition) is 1. The first-order valence-corrected chi connectivity index (χ1v) is 6.97. The second kappa shape index (κ2) is 8.35. The lowest BCUT2D eigenvalue weighted by molar-refractivity contribution is 0.332. The normalized spacial score (nSPS) is 10.2. The second-order valence-electron chi connectivity index (χ2n) is 3.84. The average Bonchev–Trinajstić information content (AvgIpc) is 2.19. The third-order valence-corrected chi connectivity index (χ3v) is 3.12. The summed E-state index contributed by atoms with van der Waals surface area (Å²) in [6.07, 6.45) is 0. The van der Waals surface area contributed by atoms with Crippen LogP contribution in [0.3, 0.4) is 0 Å². The first-order chi connectivity index (χ1) is 7.54. The third-order valence-electron chi connectivity index (χ3n) is 2.07. The minimum Gasteiger partial charge on any atom is -0.492 e. The van der Waals surface area contributed by atoms with Gasteiger partial charge in [-0.05, 0) is 35.0 Å². The molecule has 5 heteroatoms. The fourth-order valence-electron chi connectivity index (χ4n) is 1.37. The summed E-state index contributed by atoms with van der Waals surface area (Å²) in [7, 11) is 0. The molecule has 0 heterocycles. The van der Waals surface area contributed by atoms with Crippen LogP contribution < -0.4 is 10.1 Å². The van der Waals surface area contributed by atoms with Gasteiger partial charge < -0.3 is 10.1 Å². The molecule has 1 N–H and O–H groups in total. The highest BCUT2D eigenvalue weighted by Crippen LogP contribution is 2.32. The number of halogens is 3. The van der Waals surface area contributed by atoms with Crippen LogP contribution in [0.5, 0.6) is 5.75 Å². The number of hydrogen-bond acceptors (Lipinski definition) is 2. The number of benzene rings is 1. The predicted molar refractivity (Wildman–Crippen MR) is 82.2 cm³/mol. The van der Waals surface area contributed by atoms with E-state index in [1.54, 1.807) is 0 Å². The highest BCUT2D eigenvalue weighted by atomic mass is 79.9. The van der Waals surface area contributed by atoms with Crippen LogP contribution in [-0.4, -0.2) is 12.6 Å². The van der Waals surface area contributed by atoms with Crippen molar-refractivity contribution in [3.63, 3.8) is 0 Å². The van der Waals surface area contributed by atoms with Gasteiger partial charge in [0, 0.05) is 22.6 Å². The zero-order valence-electron chi connectivity index (χ0n) is 10.2. The fourth-order valence-corrected chi connectivity index (χ4v) is 2.79. The summed E-state index contributed by atoms with van der Waals surface area (Å²) in [4.78, 5) is 0. The van der Waals surface area contributed by atoms with Crippen LogP contribution in [-0.2, 0) is 6.54 Å². The van der Waals surface area contributed by atoms with Gasteiger partial charge in [-0.15, -0.1) is 12.4 Å². The van der Waals surface area contributed by atoms with Gasteiger partial charge in [0.15, 0.2) is 0 Å². The van der Waals surface area contributed by atoms with Crippen LogP contribution in [0.15, 0.2) is 21.1 Å². The van der Waals surface area contributed by atoms with E-state index in [0.717, 1.165) is 26.8 Å². The zero-order chi connectivity index (χ0) is 12.1. The molecule has 0 aliphatic heterocycles. The van der Waals surface area contributed by atoms with Crippen molar-refractivity contribution in [2.75, 3.05) is 6.61 Å². The summed E-state index contributed by atoms with van der Waals surface area (Å²) in [5.41, 5.74) is 1.16. The number of rotatable bonds is 5. The summed E-state index contributed by atoms with van der Waals surface area (Å²) in [5, 5.41) is 3.39. The molecule has 1 aromatic rings. The molecule has 17 heavy (non-hydrogen) atoms. The van der Waals surface area contributed by atoms with Gasteiger partial charge in [0.25, 0.3) is 0 Å². The molecule has 1 aromatic carbocycles. The van der Waals surface area contributed by atoms with Crippen LogP contribution >= 0.6 is 44.3 Å². The monoisotopic (exact) mass is 385 g/mol. The quantitative estimate of drug-likeness (QED) is 0.801. The van der Waals surface area contributed by atoms with Crippen molar-refractivity contribution >= 4 is 44.3 Å². The molecule has 0 saturated carbocycles. The van der Waals surface area contributed by atoms with Crippen LogP contribution in [0.2, 0.25) is 0 Å². The summed E-state index contributed by atoms with van der Waals surface area (Å²) < 4.78 is 7.70. The summed E-state index contributed by atoms with van der Waals surface area (Å²) in [5.74, 6) is 0.929. The molecule has 0 bridgehead atoms. The highest BCUT2D eigenvalue weighted by Gasteiger charge is 2.10. The molecule has 0 aromatic heterocycles. The molecular formula is C12H18Br2ClNO. The molecule has 0 unspecified atom stereocenters. The summed E-state index contributed by atoms with van der Waals surface area (Å²) >= 11 is 7.02. The van der Waals surface area contributed by atoms with Crippen molar-refractivity contribution < 1.29 is 4.74 Å². The van der Waals surface area contributed by atoms with Gasteiger partial charge in [0.2, 0.25) is 0 Å². The number of nitrogens with one attached hydrogen (secondary N) is 1. The molecule has 1 rings (SSSR count). The van der Waals surface area contributed by atoms with Gasteiger partial charge in [-0.2, -0.15) is 0 Å². The van der Waals surface area contributed by atoms with Gasteiger partial charge >= 0.3 is 0 Å². The van der Waals surface area contributed by atoms with E-state index in [-0.39, 0.29) is 12.4 Å². The van der Waals surface area contributed by atoms with Crippen molar-refractivity contribution in [3.8, 4) is 5.75 Å². The first kappa shape index (κ1) is 17.2.